The first kappa shape index (κ1) is 37.4. The van der Waals surface area contributed by atoms with Gasteiger partial charge in [0.1, 0.15) is 0 Å². The molecule has 0 radical (unpaired) electrons. The molecular formula is C53H27F3N6. The van der Waals surface area contributed by atoms with Gasteiger partial charge in [-0.25, -0.2) is 4.85 Å². The second-order valence-corrected chi connectivity index (χ2v) is 14.9. The van der Waals surface area contributed by atoms with Crippen LogP contribution in [-0.4, -0.2) is 9.13 Å². The van der Waals surface area contributed by atoms with Crippen LogP contribution in [0.5, 0.6) is 0 Å². The zero-order valence-corrected chi connectivity index (χ0v) is 32.4. The van der Waals surface area contributed by atoms with Crippen LogP contribution in [-0.2, 0) is 6.18 Å². The third-order valence-electron chi connectivity index (χ3n) is 11.5. The van der Waals surface area contributed by atoms with E-state index in [1.165, 1.54) is 12.1 Å². The van der Waals surface area contributed by atoms with Crippen LogP contribution >= 0.6 is 0 Å². The first-order chi connectivity index (χ1) is 30.2. The molecule has 0 N–H and O–H groups in total. The SMILES string of the molecule is [C-]#[N+]c1cc(-n2c3ccccc3c3cc(-c4ccc(C#N)cc4)ccc32)c(-n2c3ccccc3c3cc(-c4ccc(C#N)cc4)ccc32)cc1-c1ccc(C#N)cc1C(F)(F)F. The van der Waals surface area contributed by atoms with Gasteiger partial charge in [0.15, 0.2) is 5.69 Å². The zero-order chi connectivity index (χ0) is 42.7. The molecule has 0 aliphatic carbocycles. The minimum absolute atomic E-state index is 0.00274. The number of hydrogen-bond acceptors (Lipinski definition) is 3. The van der Waals surface area contributed by atoms with Gasteiger partial charge < -0.3 is 9.13 Å². The molecule has 10 rings (SSSR count). The smallest absolute Gasteiger partial charge is 0.308 e. The highest BCUT2D eigenvalue weighted by molar-refractivity contribution is 6.13. The summed E-state index contributed by atoms with van der Waals surface area (Å²) < 4.78 is 48.9. The number of nitrogens with zero attached hydrogens (tertiary/aromatic N) is 6. The fourth-order valence-electron chi connectivity index (χ4n) is 8.61. The van der Waals surface area contributed by atoms with Crippen LogP contribution < -0.4 is 0 Å². The summed E-state index contributed by atoms with van der Waals surface area (Å²) in [7, 11) is 0. The molecule has 2 heterocycles. The van der Waals surface area contributed by atoms with Gasteiger partial charge in [-0.2, -0.15) is 29.0 Å². The maximum absolute atomic E-state index is 14.9. The lowest BCUT2D eigenvalue weighted by atomic mass is 9.95. The van der Waals surface area contributed by atoms with E-state index in [0.29, 0.717) is 22.5 Å². The van der Waals surface area contributed by atoms with Crippen molar-refractivity contribution in [3.05, 3.63) is 197 Å². The van der Waals surface area contributed by atoms with Crippen LogP contribution in [0.4, 0.5) is 18.9 Å². The molecule has 6 nitrogen and oxygen atoms in total. The second kappa shape index (κ2) is 14.4. The Labute approximate surface area is 352 Å². The quantitative estimate of drug-likeness (QED) is 0.162. The van der Waals surface area contributed by atoms with Gasteiger partial charge in [-0.3, -0.25) is 0 Å². The summed E-state index contributed by atoms with van der Waals surface area (Å²) in [6, 6.07) is 55.6. The summed E-state index contributed by atoms with van der Waals surface area (Å²) in [6.45, 7) is 8.41. The number of fused-ring (bicyclic) bond motifs is 6. The molecule has 0 aliphatic heterocycles. The number of rotatable bonds is 5. The molecule has 0 saturated carbocycles. The maximum atomic E-state index is 14.9. The monoisotopic (exact) mass is 804 g/mol. The molecule has 2 aromatic heterocycles. The lowest BCUT2D eigenvalue weighted by Crippen LogP contribution is -2.09. The van der Waals surface area contributed by atoms with Crippen LogP contribution in [0.2, 0.25) is 0 Å². The number of para-hydroxylation sites is 2. The topological polar surface area (TPSA) is 85.6 Å². The van der Waals surface area contributed by atoms with E-state index in [0.717, 1.165) is 71.9 Å². The Balaban J connectivity index is 1.31. The predicted molar refractivity (Wildman–Crippen MR) is 237 cm³/mol. The van der Waals surface area contributed by atoms with E-state index in [1.54, 1.807) is 36.4 Å². The van der Waals surface area contributed by atoms with Crippen molar-refractivity contribution in [3.63, 3.8) is 0 Å². The van der Waals surface area contributed by atoms with Gasteiger partial charge in [0.2, 0.25) is 0 Å². The summed E-state index contributed by atoms with van der Waals surface area (Å²) in [4.78, 5) is 3.87. The first-order valence-electron chi connectivity index (χ1n) is 19.4. The van der Waals surface area contributed by atoms with Crippen molar-refractivity contribution in [2.75, 3.05) is 0 Å². The van der Waals surface area contributed by atoms with E-state index in [1.807, 2.05) is 108 Å². The number of hydrogen-bond donors (Lipinski definition) is 0. The predicted octanol–water partition coefficient (Wildman–Crippen LogP) is 14.1. The summed E-state index contributed by atoms with van der Waals surface area (Å²) in [5.41, 5.74) is 7.80. The van der Waals surface area contributed by atoms with Crippen molar-refractivity contribution in [2.45, 2.75) is 6.18 Å². The van der Waals surface area contributed by atoms with E-state index < -0.39 is 11.7 Å². The molecular weight excluding hydrogens is 778 g/mol. The Morgan fingerprint density at radius 1 is 0.435 bits per heavy atom. The molecule has 62 heavy (non-hydrogen) atoms. The lowest BCUT2D eigenvalue weighted by molar-refractivity contribution is -0.137. The van der Waals surface area contributed by atoms with Crippen LogP contribution in [0.15, 0.2) is 164 Å². The first-order valence-corrected chi connectivity index (χ1v) is 19.4. The molecule has 8 aromatic carbocycles. The zero-order valence-electron chi connectivity index (χ0n) is 32.4. The largest absolute Gasteiger partial charge is 0.417 e. The summed E-state index contributed by atoms with van der Waals surface area (Å²) in [5, 5.41) is 32.1. The minimum atomic E-state index is -4.82. The normalized spacial score (nSPS) is 11.4. The number of halogens is 3. The molecule has 0 aliphatic rings. The Morgan fingerprint density at radius 3 is 1.34 bits per heavy atom. The van der Waals surface area contributed by atoms with Gasteiger partial charge >= 0.3 is 6.18 Å². The Morgan fingerprint density at radius 2 is 0.871 bits per heavy atom. The number of nitriles is 3. The van der Waals surface area contributed by atoms with Gasteiger partial charge in [-0.05, 0) is 118 Å². The third-order valence-corrected chi connectivity index (χ3v) is 11.5. The number of alkyl halides is 3. The van der Waals surface area contributed by atoms with Crippen LogP contribution in [0, 0.1) is 40.6 Å². The molecule has 9 heteroatoms. The van der Waals surface area contributed by atoms with Gasteiger partial charge in [-0.15, -0.1) is 0 Å². The minimum Gasteiger partial charge on any atom is -0.308 e. The maximum Gasteiger partial charge on any atom is 0.417 e. The summed E-state index contributed by atoms with van der Waals surface area (Å²) >= 11 is 0. The number of aromatic nitrogens is 2. The standard InChI is InChI=1S/C53H27F3N6/c1-60-46-28-52(62-48-9-5-3-7-41(48)44-26-38(20-23-50(44)62)36-17-12-33(30-58)13-18-36)51(27-42(46)39-21-14-34(31-59)24-45(39)53(54,55)56)61-47-8-4-2-6-40(47)43-25-37(19-22-49(43)61)35-15-10-32(29-57)11-16-35/h2-28H. The van der Waals surface area contributed by atoms with Crippen molar-refractivity contribution in [1.82, 2.24) is 9.13 Å². The summed E-state index contributed by atoms with van der Waals surface area (Å²) in [5.74, 6) is 0. The summed E-state index contributed by atoms with van der Waals surface area (Å²) in [6.07, 6.45) is -4.82. The fraction of sp³-hybridized carbons (Fsp3) is 0.0189. The van der Waals surface area contributed by atoms with Crippen LogP contribution in [0.25, 0.3) is 93.2 Å². The molecule has 0 bridgehead atoms. The van der Waals surface area contributed by atoms with Crippen molar-refractivity contribution in [2.24, 2.45) is 0 Å². The van der Waals surface area contributed by atoms with Crippen molar-refractivity contribution < 1.29 is 13.2 Å². The van der Waals surface area contributed by atoms with E-state index in [4.69, 9.17) is 6.57 Å². The van der Waals surface area contributed by atoms with Gasteiger partial charge in [0.05, 0.1) is 80.5 Å². The molecule has 0 amide bonds. The Hall–Kier alpha value is -8.89. The van der Waals surface area contributed by atoms with E-state index in [9.17, 15) is 29.0 Å². The highest BCUT2D eigenvalue weighted by atomic mass is 19.4. The van der Waals surface area contributed by atoms with E-state index >= 15 is 0 Å². The van der Waals surface area contributed by atoms with Gasteiger partial charge in [-0.1, -0.05) is 78.9 Å². The van der Waals surface area contributed by atoms with Gasteiger partial charge in [0, 0.05) is 21.5 Å². The van der Waals surface area contributed by atoms with E-state index in [2.05, 4.69) is 33.7 Å². The molecule has 0 spiro atoms. The molecule has 10 aromatic rings. The third kappa shape index (κ3) is 6.01. The molecule has 0 saturated heterocycles. The fourth-order valence-corrected chi connectivity index (χ4v) is 8.61. The van der Waals surface area contributed by atoms with Crippen molar-refractivity contribution in [1.29, 1.82) is 15.8 Å². The molecule has 0 fully saturated rings. The molecule has 0 atom stereocenters. The average Bonchev–Trinajstić information content (AvgIpc) is 3.82. The Kier molecular flexibility index (Phi) is 8.70. The highest BCUT2D eigenvalue weighted by Gasteiger charge is 2.35. The highest BCUT2D eigenvalue weighted by Crippen LogP contribution is 2.47. The molecule has 0 unspecified atom stereocenters. The van der Waals surface area contributed by atoms with Crippen LogP contribution in [0.1, 0.15) is 22.3 Å². The van der Waals surface area contributed by atoms with Crippen molar-refractivity contribution in [3.8, 4) is 63.0 Å². The number of benzene rings is 8. The lowest BCUT2D eigenvalue weighted by Gasteiger charge is -2.21. The Bertz CT molecular complexity index is 3660. The van der Waals surface area contributed by atoms with Crippen LogP contribution in [0.3, 0.4) is 0 Å². The average molecular weight is 805 g/mol. The second-order valence-electron chi connectivity index (χ2n) is 14.9. The molecule has 290 valence electrons. The van der Waals surface area contributed by atoms with E-state index in [-0.39, 0.29) is 22.4 Å². The van der Waals surface area contributed by atoms with Crippen molar-refractivity contribution >= 4 is 49.3 Å². The van der Waals surface area contributed by atoms with Gasteiger partial charge in [0.25, 0.3) is 0 Å².